The third-order valence-electron chi connectivity index (χ3n) is 2.40. The molecule has 0 aromatic rings. The molecule has 0 aromatic carbocycles. The van der Waals surface area contributed by atoms with Crippen LogP contribution >= 0.6 is 0 Å². The first-order valence-corrected chi connectivity index (χ1v) is 6.41. The minimum absolute atomic E-state index is 0.263. The van der Waals surface area contributed by atoms with E-state index in [1.54, 1.807) is 12.1 Å². The Labute approximate surface area is 133 Å². The van der Waals surface area contributed by atoms with E-state index in [-0.39, 0.29) is 19.8 Å². The largest absolute Gasteiger partial charge is 0.464 e. The zero-order valence-corrected chi connectivity index (χ0v) is 12.5. The number of esters is 3. The first kappa shape index (κ1) is 19.9. The molecule has 0 saturated carbocycles. The summed E-state index contributed by atoms with van der Waals surface area (Å²) >= 11 is 0. The fraction of sp³-hybridized carbons (Fsp3) is 0.571. The second-order valence-corrected chi connectivity index (χ2v) is 4.78. The molecular formula is C14H15N3O6. The van der Waals surface area contributed by atoms with Gasteiger partial charge in [0.15, 0.2) is 0 Å². The molecule has 0 aliphatic carbocycles. The molecule has 0 spiro atoms. The maximum Gasteiger partial charge on any atom is 0.387 e. The highest BCUT2D eigenvalue weighted by atomic mass is 16.6. The van der Waals surface area contributed by atoms with Gasteiger partial charge in [-0.2, -0.15) is 10.5 Å². The Morgan fingerprint density at radius 1 is 0.957 bits per heavy atom. The van der Waals surface area contributed by atoms with Crippen LogP contribution in [0.1, 0.15) is 19.8 Å². The highest BCUT2D eigenvalue weighted by Gasteiger charge is 2.31. The van der Waals surface area contributed by atoms with Crippen LogP contribution in [0.5, 0.6) is 0 Å². The van der Waals surface area contributed by atoms with Gasteiger partial charge in [-0.3, -0.25) is 9.59 Å². The lowest BCUT2D eigenvalue weighted by Gasteiger charge is -2.27. The van der Waals surface area contributed by atoms with E-state index >= 15 is 0 Å². The highest BCUT2D eigenvalue weighted by molar-refractivity contribution is 5.73. The van der Waals surface area contributed by atoms with Crippen molar-refractivity contribution in [3.05, 3.63) is 11.4 Å². The summed E-state index contributed by atoms with van der Waals surface area (Å²) in [7, 11) is 0. The van der Waals surface area contributed by atoms with Crippen molar-refractivity contribution in [1.29, 1.82) is 10.5 Å². The molecule has 23 heavy (non-hydrogen) atoms. The van der Waals surface area contributed by atoms with Crippen LogP contribution in [0.4, 0.5) is 0 Å². The molecule has 0 saturated heterocycles. The molecule has 9 nitrogen and oxygen atoms in total. The molecule has 0 rings (SSSR count). The molecule has 9 heteroatoms. The molecule has 0 radical (unpaired) electrons. The third-order valence-corrected chi connectivity index (χ3v) is 2.40. The Hall–Kier alpha value is -3.12. The molecule has 0 N–H and O–H groups in total. The Balaban J connectivity index is 4.69. The van der Waals surface area contributed by atoms with E-state index in [2.05, 4.69) is 4.85 Å². The van der Waals surface area contributed by atoms with Gasteiger partial charge in [0.1, 0.15) is 32.7 Å². The van der Waals surface area contributed by atoms with Gasteiger partial charge in [-0.05, 0) is 6.92 Å². The van der Waals surface area contributed by atoms with Crippen molar-refractivity contribution >= 4 is 17.9 Å². The molecule has 0 amide bonds. The van der Waals surface area contributed by atoms with Crippen LogP contribution < -0.4 is 0 Å². The van der Waals surface area contributed by atoms with Crippen molar-refractivity contribution in [3.63, 3.8) is 0 Å². The Morgan fingerprint density at radius 2 is 1.35 bits per heavy atom. The van der Waals surface area contributed by atoms with Gasteiger partial charge in [-0.1, -0.05) is 0 Å². The van der Waals surface area contributed by atoms with Crippen LogP contribution in [-0.4, -0.2) is 44.3 Å². The minimum Gasteiger partial charge on any atom is -0.464 e. The third kappa shape index (κ3) is 9.43. The standard InChI is InChI=1S/C14H15N3O6/c1-14(8-21-11(18)3-5-15,9-22-12(19)4-6-16)10-23-13(20)7-17-2/h3-4,7-10H2,1H3. The summed E-state index contributed by atoms with van der Waals surface area (Å²) in [5.41, 5.74) is -1.06. The number of ether oxygens (including phenoxy) is 3. The predicted octanol–water partition coefficient (Wildman–Crippen LogP) is 0.369. The molecule has 0 heterocycles. The van der Waals surface area contributed by atoms with Crippen LogP contribution in [0.3, 0.4) is 0 Å². The lowest BCUT2D eigenvalue weighted by atomic mass is 9.94. The zero-order chi connectivity index (χ0) is 17.7. The SMILES string of the molecule is [C-]#[N+]CC(=O)OCC(C)(COC(=O)CC#N)COC(=O)CC#N. The van der Waals surface area contributed by atoms with E-state index in [0.29, 0.717) is 0 Å². The van der Waals surface area contributed by atoms with E-state index < -0.39 is 42.7 Å². The van der Waals surface area contributed by atoms with E-state index in [1.807, 2.05) is 0 Å². The number of hydrogen-bond donors (Lipinski definition) is 0. The van der Waals surface area contributed by atoms with Crippen LogP contribution in [-0.2, 0) is 28.6 Å². The number of carbonyl (C=O) groups excluding carboxylic acids is 3. The van der Waals surface area contributed by atoms with Gasteiger partial charge in [-0.25, -0.2) is 11.4 Å². The van der Waals surface area contributed by atoms with Gasteiger partial charge >= 0.3 is 24.5 Å². The van der Waals surface area contributed by atoms with Gasteiger partial charge < -0.3 is 19.1 Å². The lowest BCUT2D eigenvalue weighted by molar-refractivity contribution is -0.158. The van der Waals surface area contributed by atoms with Gasteiger partial charge in [0.25, 0.3) is 0 Å². The van der Waals surface area contributed by atoms with Gasteiger partial charge in [0.05, 0.1) is 17.6 Å². The summed E-state index contributed by atoms with van der Waals surface area (Å²) in [5, 5.41) is 16.8. The van der Waals surface area contributed by atoms with Crippen LogP contribution in [0.15, 0.2) is 0 Å². The smallest absolute Gasteiger partial charge is 0.387 e. The fourth-order valence-corrected chi connectivity index (χ4v) is 1.23. The highest BCUT2D eigenvalue weighted by Crippen LogP contribution is 2.19. The van der Waals surface area contributed by atoms with Crippen LogP contribution in [0.2, 0.25) is 0 Å². The number of carbonyl (C=O) groups is 3. The molecular weight excluding hydrogens is 306 g/mol. The quantitative estimate of drug-likeness (QED) is 0.338. The molecule has 0 aromatic heterocycles. The van der Waals surface area contributed by atoms with Gasteiger partial charge in [-0.15, -0.1) is 0 Å². The van der Waals surface area contributed by atoms with Gasteiger partial charge in [0.2, 0.25) is 0 Å². The van der Waals surface area contributed by atoms with Crippen LogP contribution in [0.25, 0.3) is 4.85 Å². The van der Waals surface area contributed by atoms with E-state index in [0.717, 1.165) is 0 Å². The average Bonchev–Trinajstić information content (AvgIpc) is 2.50. The van der Waals surface area contributed by atoms with Crippen molar-refractivity contribution in [3.8, 4) is 12.1 Å². The molecule has 0 bridgehead atoms. The number of nitriles is 2. The van der Waals surface area contributed by atoms with E-state index in [4.69, 9.17) is 31.3 Å². The second kappa shape index (κ2) is 10.6. The monoisotopic (exact) mass is 321 g/mol. The van der Waals surface area contributed by atoms with Gasteiger partial charge in [0, 0.05) is 0 Å². The van der Waals surface area contributed by atoms with Crippen molar-refractivity contribution in [2.45, 2.75) is 19.8 Å². The van der Waals surface area contributed by atoms with E-state index in [1.165, 1.54) is 6.92 Å². The first-order chi connectivity index (χ1) is 10.9. The summed E-state index contributed by atoms with van der Waals surface area (Å²) in [6.07, 6.45) is -0.885. The molecule has 0 fully saturated rings. The van der Waals surface area contributed by atoms with Crippen molar-refractivity contribution in [2.75, 3.05) is 26.4 Å². The van der Waals surface area contributed by atoms with Crippen molar-refractivity contribution in [1.82, 2.24) is 0 Å². The summed E-state index contributed by atoms with van der Waals surface area (Å²) in [5.74, 6) is -2.30. The predicted molar refractivity (Wildman–Crippen MR) is 72.9 cm³/mol. The summed E-state index contributed by atoms with van der Waals surface area (Å²) < 4.78 is 14.6. The summed E-state index contributed by atoms with van der Waals surface area (Å²) in [4.78, 5) is 36.6. The molecule has 122 valence electrons. The molecule has 0 aliphatic rings. The molecule has 0 aliphatic heterocycles. The maximum absolute atomic E-state index is 11.2. The lowest BCUT2D eigenvalue weighted by Crippen LogP contribution is -2.37. The number of rotatable bonds is 9. The van der Waals surface area contributed by atoms with Crippen molar-refractivity contribution < 1.29 is 28.6 Å². The maximum atomic E-state index is 11.2. The average molecular weight is 321 g/mol. The Kier molecular flexibility index (Phi) is 9.15. The molecule has 0 unspecified atom stereocenters. The fourth-order valence-electron chi connectivity index (χ4n) is 1.23. The summed E-state index contributed by atoms with van der Waals surface area (Å²) in [6, 6.07) is 3.25. The number of hydrogen-bond acceptors (Lipinski definition) is 8. The second-order valence-electron chi connectivity index (χ2n) is 4.78. The first-order valence-electron chi connectivity index (χ1n) is 6.41. The van der Waals surface area contributed by atoms with E-state index in [9.17, 15) is 14.4 Å². The normalized spacial score (nSPS) is 9.65. The topological polar surface area (TPSA) is 131 Å². The minimum atomic E-state index is -1.06. The van der Waals surface area contributed by atoms with Crippen LogP contribution in [0, 0.1) is 34.6 Å². The summed E-state index contributed by atoms with van der Waals surface area (Å²) in [6.45, 7) is 6.83. The Morgan fingerprint density at radius 3 is 1.70 bits per heavy atom. The number of nitrogens with zero attached hydrogens (tertiary/aromatic N) is 3. The molecule has 0 atom stereocenters. The van der Waals surface area contributed by atoms with Crippen molar-refractivity contribution in [2.24, 2.45) is 5.41 Å². The zero-order valence-electron chi connectivity index (χ0n) is 12.5. The Bertz CT molecular complexity index is 488.